The summed E-state index contributed by atoms with van der Waals surface area (Å²) in [6.07, 6.45) is -2.72. The van der Waals surface area contributed by atoms with Crippen molar-refractivity contribution in [1.82, 2.24) is 14.8 Å². The molecule has 0 aliphatic heterocycles. The minimum absolute atomic E-state index is 0.0354. The Labute approximate surface area is 157 Å². The van der Waals surface area contributed by atoms with Gasteiger partial charge in [0.05, 0.1) is 10.2 Å². The molecule has 0 unspecified atom stereocenters. The van der Waals surface area contributed by atoms with Crippen molar-refractivity contribution in [1.29, 1.82) is 0 Å². The fourth-order valence-corrected chi connectivity index (χ4v) is 3.91. The fraction of sp³-hybridized carbons (Fsp3) is 0.389. The van der Waals surface area contributed by atoms with Crippen molar-refractivity contribution in [3.63, 3.8) is 0 Å². The van der Waals surface area contributed by atoms with Crippen LogP contribution < -0.4 is 5.32 Å². The molecule has 5 nitrogen and oxygen atoms in total. The lowest BCUT2D eigenvalue weighted by molar-refractivity contribution is -0.141. The Hall–Kier alpha value is -2.42. The highest BCUT2D eigenvalue weighted by molar-refractivity contribution is 7.22. The van der Waals surface area contributed by atoms with Gasteiger partial charge in [0.1, 0.15) is 0 Å². The van der Waals surface area contributed by atoms with Crippen molar-refractivity contribution in [2.45, 2.75) is 44.8 Å². The quantitative estimate of drug-likeness (QED) is 0.681. The number of nitrogens with zero attached hydrogens (tertiary/aromatic N) is 3. The molecule has 2 aromatic heterocycles. The Kier molecular flexibility index (Phi) is 4.41. The molecular formula is C18H17F3N4OS. The SMILES string of the molecule is Cc1ccc2nc(NC(=O)CCn3nc(C(F)(F)F)cc3C3CC3)sc2c1. The van der Waals surface area contributed by atoms with Gasteiger partial charge in [0.15, 0.2) is 10.8 Å². The number of hydrogen-bond acceptors (Lipinski definition) is 4. The monoisotopic (exact) mass is 394 g/mol. The van der Waals surface area contributed by atoms with E-state index in [9.17, 15) is 18.0 Å². The topological polar surface area (TPSA) is 59.8 Å². The molecule has 1 amide bonds. The molecule has 0 saturated heterocycles. The van der Waals surface area contributed by atoms with Crippen LogP contribution in [0.25, 0.3) is 10.2 Å². The van der Waals surface area contributed by atoms with Crippen LogP contribution in [0.4, 0.5) is 18.3 Å². The molecule has 142 valence electrons. The zero-order valence-electron chi connectivity index (χ0n) is 14.5. The first-order valence-corrected chi connectivity index (χ1v) is 9.43. The summed E-state index contributed by atoms with van der Waals surface area (Å²) in [7, 11) is 0. The van der Waals surface area contributed by atoms with Gasteiger partial charge in [-0.05, 0) is 43.5 Å². The van der Waals surface area contributed by atoms with E-state index in [1.54, 1.807) is 0 Å². The third-order valence-corrected chi connectivity index (χ3v) is 5.37. The number of aryl methyl sites for hydroxylation is 2. The van der Waals surface area contributed by atoms with Crippen molar-refractivity contribution < 1.29 is 18.0 Å². The Balaban J connectivity index is 1.43. The number of halogens is 3. The largest absolute Gasteiger partial charge is 0.435 e. The maximum atomic E-state index is 12.9. The van der Waals surface area contributed by atoms with Gasteiger partial charge in [-0.1, -0.05) is 17.4 Å². The summed E-state index contributed by atoms with van der Waals surface area (Å²) >= 11 is 1.37. The molecule has 1 fully saturated rings. The van der Waals surface area contributed by atoms with Crippen LogP contribution in [0.5, 0.6) is 0 Å². The van der Waals surface area contributed by atoms with Crippen LogP contribution in [-0.4, -0.2) is 20.7 Å². The number of nitrogens with one attached hydrogen (secondary N) is 1. The van der Waals surface area contributed by atoms with Gasteiger partial charge in [-0.3, -0.25) is 9.48 Å². The van der Waals surface area contributed by atoms with Crippen LogP contribution in [0, 0.1) is 6.92 Å². The van der Waals surface area contributed by atoms with E-state index in [1.807, 2.05) is 25.1 Å². The van der Waals surface area contributed by atoms with E-state index in [1.165, 1.54) is 16.0 Å². The van der Waals surface area contributed by atoms with Gasteiger partial charge < -0.3 is 5.32 Å². The summed E-state index contributed by atoms with van der Waals surface area (Å²) in [4.78, 5) is 16.6. The molecule has 27 heavy (non-hydrogen) atoms. The first-order chi connectivity index (χ1) is 12.8. The lowest BCUT2D eigenvalue weighted by Crippen LogP contribution is -2.16. The number of anilines is 1. The molecule has 3 aromatic rings. The highest BCUT2D eigenvalue weighted by atomic mass is 32.1. The van der Waals surface area contributed by atoms with Crippen LogP contribution >= 0.6 is 11.3 Å². The number of carbonyl (C=O) groups is 1. The number of benzene rings is 1. The second-order valence-electron chi connectivity index (χ2n) is 6.74. The van der Waals surface area contributed by atoms with Gasteiger partial charge in [-0.15, -0.1) is 0 Å². The molecule has 1 aromatic carbocycles. The molecule has 9 heteroatoms. The van der Waals surface area contributed by atoms with Crippen molar-refractivity contribution in [2.24, 2.45) is 0 Å². The van der Waals surface area contributed by atoms with E-state index >= 15 is 0 Å². The number of fused-ring (bicyclic) bond motifs is 1. The second-order valence-corrected chi connectivity index (χ2v) is 7.77. The number of thiazole rings is 1. The van der Waals surface area contributed by atoms with Gasteiger partial charge in [0.2, 0.25) is 5.91 Å². The Morgan fingerprint density at radius 1 is 1.33 bits per heavy atom. The molecule has 1 aliphatic rings. The van der Waals surface area contributed by atoms with Gasteiger partial charge in [-0.25, -0.2) is 4.98 Å². The zero-order chi connectivity index (χ0) is 19.2. The summed E-state index contributed by atoms with van der Waals surface area (Å²) < 4.78 is 41.1. The van der Waals surface area contributed by atoms with Gasteiger partial charge in [0, 0.05) is 24.6 Å². The summed E-state index contributed by atoms with van der Waals surface area (Å²) in [6, 6.07) is 6.93. The van der Waals surface area contributed by atoms with E-state index in [4.69, 9.17) is 0 Å². The molecule has 1 aliphatic carbocycles. The maximum absolute atomic E-state index is 12.9. The smallest absolute Gasteiger partial charge is 0.302 e. The summed E-state index contributed by atoms with van der Waals surface area (Å²) in [5, 5.41) is 6.88. The molecular weight excluding hydrogens is 377 g/mol. The van der Waals surface area contributed by atoms with Gasteiger partial charge in [-0.2, -0.15) is 18.3 Å². The minimum Gasteiger partial charge on any atom is -0.302 e. The van der Waals surface area contributed by atoms with Crippen molar-refractivity contribution in [3.8, 4) is 0 Å². The van der Waals surface area contributed by atoms with Crippen LogP contribution in [0.2, 0.25) is 0 Å². The molecule has 0 bridgehead atoms. The average molecular weight is 394 g/mol. The maximum Gasteiger partial charge on any atom is 0.435 e. The van der Waals surface area contributed by atoms with Gasteiger partial charge >= 0.3 is 6.18 Å². The molecule has 0 spiro atoms. The van der Waals surface area contributed by atoms with E-state index in [-0.39, 0.29) is 24.8 Å². The summed E-state index contributed by atoms with van der Waals surface area (Å²) in [5.74, 6) is -0.180. The third kappa shape index (κ3) is 3.97. The van der Waals surface area contributed by atoms with Crippen molar-refractivity contribution in [3.05, 3.63) is 41.2 Å². The van der Waals surface area contributed by atoms with E-state index < -0.39 is 11.9 Å². The minimum atomic E-state index is -4.48. The Morgan fingerprint density at radius 2 is 2.11 bits per heavy atom. The molecule has 0 atom stereocenters. The Bertz CT molecular complexity index is 1000. The normalized spacial score (nSPS) is 14.7. The molecule has 0 radical (unpaired) electrons. The van der Waals surface area contributed by atoms with Crippen LogP contribution in [0.1, 0.15) is 42.1 Å². The standard InChI is InChI=1S/C18H17F3N4OS/c1-10-2-5-12-14(8-10)27-17(22-12)23-16(26)6-7-25-13(11-3-4-11)9-15(24-25)18(19,20)21/h2,5,8-9,11H,3-4,6-7H2,1H3,(H,22,23,26). The predicted molar refractivity (Wildman–Crippen MR) is 96.8 cm³/mol. The number of aromatic nitrogens is 3. The molecule has 4 rings (SSSR count). The number of amides is 1. The van der Waals surface area contributed by atoms with Crippen molar-refractivity contribution >= 4 is 32.6 Å². The lowest BCUT2D eigenvalue weighted by atomic mass is 10.2. The van der Waals surface area contributed by atoms with Crippen LogP contribution in [0.3, 0.4) is 0 Å². The molecule has 2 heterocycles. The molecule has 1 N–H and O–H groups in total. The first kappa shape index (κ1) is 18.0. The number of hydrogen-bond donors (Lipinski definition) is 1. The number of rotatable bonds is 5. The molecule has 1 saturated carbocycles. The van der Waals surface area contributed by atoms with Gasteiger partial charge in [0.25, 0.3) is 0 Å². The van der Waals surface area contributed by atoms with Crippen LogP contribution in [-0.2, 0) is 17.5 Å². The van der Waals surface area contributed by atoms with E-state index in [0.29, 0.717) is 10.8 Å². The first-order valence-electron chi connectivity index (χ1n) is 8.61. The second kappa shape index (κ2) is 6.63. The summed E-state index contributed by atoms with van der Waals surface area (Å²) in [6.45, 7) is 2.09. The Morgan fingerprint density at radius 3 is 2.81 bits per heavy atom. The summed E-state index contributed by atoms with van der Waals surface area (Å²) in [5.41, 5.74) is 1.58. The van der Waals surface area contributed by atoms with Crippen LogP contribution in [0.15, 0.2) is 24.3 Å². The fourth-order valence-electron chi connectivity index (χ4n) is 2.93. The van der Waals surface area contributed by atoms with E-state index in [0.717, 1.165) is 34.7 Å². The highest BCUT2D eigenvalue weighted by Gasteiger charge is 2.37. The number of carbonyl (C=O) groups excluding carboxylic acids is 1. The van der Waals surface area contributed by atoms with E-state index in [2.05, 4.69) is 15.4 Å². The lowest BCUT2D eigenvalue weighted by Gasteiger charge is -2.06. The third-order valence-electron chi connectivity index (χ3n) is 4.44. The zero-order valence-corrected chi connectivity index (χ0v) is 15.3. The number of alkyl halides is 3. The highest BCUT2D eigenvalue weighted by Crippen LogP contribution is 2.42. The average Bonchev–Trinajstić information content (AvgIpc) is 3.20. The predicted octanol–water partition coefficient (Wildman–Crippen LogP) is 4.73. The van der Waals surface area contributed by atoms with Crippen molar-refractivity contribution in [2.75, 3.05) is 5.32 Å².